The van der Waals surface area contributed by atoms with Gasteiger partial charge in [0.1, 0.15) is 0 Å². The van der Waals surface area contributed by atoms with Gasteiger partial charge in [-0.2, -0.15) is 5.26 Å². The van der Waals surface area contributed by atoms with Crippen LogP contribution >= 0.6 is 0 Å². The highest BCUT2D eigenvalue weighted by atomic mass is 16.5. The predicted molar refractivity (Wildman–Crippen MR) is 88.7 cm³/mol. The van der Waals surface area contributed by atoms with E-state index in [1.165, 1.54) is 6.08 Å². The number of methoxy groups -OCH3 is 1. The van der Waals surface area contributed by atoms with Crippen molar-refractivity contribution in [1.82, 2.24) is 0 Å². The molecule has 0 saturated heterocycles. The molecule has 2 aromatic carbocycles. The van der Waals surface area contributed by atoms with Crippen LogP contribution in [0.2, 0.25) is 0 Å². The maximum atomic E-state index is 12.2. The van der Waals surface area contributed by atoms with Crippen molar-refractivity contribution in [3.8, 4) is 17.6 Å². The van der Waals surface area contributed by atoms with Crippen LogP contribution in [0.3, 0.4) is 0 Å². The number of allylic oxidation sites excluding steroid dienone is 1. The van der Waals surface area contributed by atoms with Gasteiger partial charge in [0.25, 0.3) is 0 Å². The average Bonchev–Trinajstić information content (AvgIpc) is 2.60. The Morgan fingerprint density at radius 3 is 2.74 bits per heavy atom. The lowest BCUT2D eigenvalue weighted by molar-refractivity contribution is 0.104. The molecule has 0 radical (unpaired) electrons. The summed E-state index contributed by atoms with van der Waals surface area (Å²) in [5, 5.41) is 8.87. The minimum absolute atomic E-state index is 0.157. The summed E-state index contributed by atoms with van der Waals surface area (Å²) < 4.78 is 10.7. The molecule has 4 nitrogen and oxygen atoms in total. The van der Waals surface area contributed by atoms with Crippen molar-refractivity contribution in [3.63, 3.8) is 0 Å². The number of nitriles is 1. The number of rotatable bonds is 6. The van der Waals surface area contributed by atoms with Crippen molar-refractivity contribution in [2.24, 2.45) is 0 Å². The fourth-order valence-corrected chi connectivity index (χ4v) is 2.07. The van der Waals surface area contributed by atoms with Crippen molar-refractivity contribution in [2.75, 3.05) is 13.7 Å². The van der Waals surface area contributed by atoms with Crippen LogP contribution in [-0.4, -0.2) is 19.5 Å². The third-order valence-corrected chi connectivity index (χ3v) is 3.19. The maximum Gasteiger partial charge on any atom is 0.185 e. The second-order valence-corrected chi connectivity index (χ2v) is 4.73. The SMILES string of the molecule is CCOc1ccc(/C=C/C(=O)c2cccc(C#N)c2)cc1OC. The molecule has 0 atom stereocenters. The standard InChI is InChI=1S/C19H17NO3/c1-3-23-18-10-8-14(12-19(18)22-2)7-9-17(21)16-6-4-5-15(11-16)13-20/h4-12H,3H2,1-2H3/b9-7+. The third kappa shape index (κ3) is 4.21. The molecule has 0 saturated carbocycles. The molecule has 4 heteroatoms. The first-order valence-corrected chi connectivity index (χ1v) is 7.21. The van der Waals surface area contributed by atoms with Gasteiger partial charge in [0.15, 0.2) is 17.3 Å². The molecular weight excluding hydrogens is 290 g/mol. The van der Waals surface area contributed by atoms with Crippen molar-refractivity contribution < 1.29 is 14.3 Å². The first-order valence-electron chi connectivity index (χ1n) is 7.21. The van der Waals surface area contributed by atoms with Crippen molar-refractivity contribution in [3.05, 3.63) is 65.2 Å². The van der Waals surface area contributed by atoms with E-state index in [-0.39, 0.29) is 5.78 Å². The first-order chi connectivity index (χ1) is 11.2. The molecule has 116 valence electrons. The van der Waals surface area contributed by atoms with E-state index in [1.807, 2.05) is 25.1 Å². The molecule has 0 unspecified atom stereocenters. The minimum atomic E-state index is -0.157. The molecule has 0 N–H and O–H groups in total. The van der Waals surface area contributed by atoms with Crippen LogP contribution in [0, 0.1) is 11.3 Å². The molecule has 0 aliphatic carbocycles. The van der Waals surface area contributed by atoms with Gasteiger partial charge in [-0.15, -0.1) is 0 Å². The maximum absolute atomic E-state index is 12.2. The van der Waals surface area contributed by atoms with Crippen LogP contribution in [0.15, 0.2) is 48.5 Å². The Balaban J connectivity index is 2.19. The summed E-state index contributed by atoms with van der Waals surface area (Å²) in [4.78, 5) is 12.2. The van der Waals surface area contributed by atoms with E-state index in [2.05, 4.69) is 0 Å². The fourth-order valence-electron chi connectivity index (χ4n) is 2.07. The number of carbonyl (C=O) groups excluding carboxylic acids is 1. The fraction of sp³-hybridized carbons (Fsp3) is 0.158. The lowest BCUT2D eigenvalue weighted by Gasteiger charge is -2.09. The number of benzene rings is 2. The molecule has 0 amide bonds. The zero-order chi connectivity index (χ0) is 16.7. The second kappa shape index (κ2) is 7.81. The molecule has 0 fully saturated rings. The highest BCUT2D eigenvalue weighted by molar-refractivity contribution is 6.07. The molecule has 0 bridgehead atoms. The van der Waals surface area contributed by atoms with E-state index in [4.69, 9.17) is 14.7 Å². The molecule has 23 heavy (non-hydrogen) atoms. The van der Waals surface area contributed by atoms with Crippen LogP contribution in [0.5, 0.6) is 11.5 Å². The summed E-state index contributed by atoms with van der Waals surface area (Å²) in [6.07, 6.45) is 3.19. The predicted octanol–water partition coefficient (Wildman–Crippen LogP) is 3.86. The van der Waals surface area contributed by atoms with Gasteiger partial charge in [-0.25, -0.2) is 0 Å². The smallest absolute Gasteiger partial charge is 0.185 e. The molecule has 0 heterocycles. The largest absolute Gasteiger partial charge is 0.493 e. The van der Waals surface area contributed by atoms with E-state index in [0.717, 1.165) is 5.56 Å². The van der Waals surface area contributed by atoms with Crippen LogP contribution in [0.1, 0.15) is 28.4 Å². The highest BCUT2D eigenvalue weighted by Gasteiger charge is 2.05. The number of carbonyl (C=O) groups is 1. The topological polar surface area (TPSA) is 59.3 Å². The van der Waals surface area contributed by atoms with Gasteiger partial charge in [0.05, 0.1) is 25.3 Å². The third-order valence-electron chi connectivity index (χ3n) is 3.19. The molecule has 2 aromatic rings. The summed E-state index contributed by atoms with van der Waals surface area (Å²) >= 11 is 0. The Kier molecular flexibility index (Phi) is 5.54. The van der Waals surface area contributed by atoms with Crippen molar-refractivity contribution >= 4 is 11.9 Å². The number of hydrogen-bond acceptors (Lipinski definition) is 4. The molecule has 0 aliphatic rings. The van der Waals surface area contributed by atoms with Gasteiger partial charge in [-0.05, 0) is 42.8 Å². The van der Waals surface area contributed by atoms with Crippen LogP contribution in [-0.2, 0) is 0 Å². The van der Waals surface area contributed by atoms with E-state index in [9.17, 15) is 4.79 Å². The summed E-state index contributed by atoms with van der Waals surface area (Å²) in [6, 6.07) is 14.1. The molecule has 0 spiro atoms. The lowest BCUT2D eigenvalue weighted by atomic mass is 10.1. The van der Waals surface area contributed by atoms with E-state index < -0.39 is 0 Å². The minimum Gasteiger partial charge on any atom is -0.493 e. The zero-order valence-electron chi connectivity index (χ0n) is 13.1. The monoisotopic (exact) mass is 307 g/mol. The van der Waals surface area contributed by atoms with Gasteiger partial charge in [-0.1, -0.05) is 24.3 Å². The van der Waals surface area contributed by atoms with Crippen LogP contribution < -0.4 is 9.47 Å². The van der Waals surface area contributed by atoms with Gasteiger partial charge in [0.2, 0.25) is 0 Å². The zero-order valence-corrected chi connectivity index (χ0v) is 13.1. The van der Waals surface area contributed by atoms with Gasteiger partial charge < -0.3 is 9.47 Å². The van der Waals surface area contributed by atoms with Crippen molar-refractivity contribution in [2.45, 2.75) is 6.92 Å². The number of ether oxygens (including phenoxy) is 2. The van der Waals surface area contributed by atoms with E-state index >= 15 is 0 Å². The normalized spacial score (nSPS) is 10.3. The summed E-state index contributed by atoms with van der Waals surface area (Å²) in [6.45, 7) is 2.46. The van der Waals surface area contributed by atoms with E-state index in [1.54, 1.807) is 43.5 Å². The quantitative estimate of drug-likeness (QED) is 0.600. The molecule has 0 aromatic heterocycles. The van der Waals surface area contributed by atoms with Gasteiger partial charge in [0, 0.05) is 5.56 Å². The number of ketones is 1. The van der Waals surface area contributed by atoms with Gasteiger partial charge >= 0.3 is 0 Å². The summed E-state index contributed by atoms with van der Waals surface area (Å²) in [7, 11) is 1.57. The molecule has 2 rings (SSSR count). The second-order valence-electron chi connectivity index (χ2n) is 4.73. The molecule has 0 aliphatic heterocycles. The Hall–Kier alpha value is -3.06. The summed E-state index contributed by atoms with van der Waals surface area (Å²) in [5.41, 5.74) is 1.78. The van der Waals surface area contributed by atoms with Crippen LogP contribution in [0.25, 0.3) is 6.08 Å². The van der Waals surface area contributed by atoms with E-state index in [0.29, 0.717) is 29.2 Å². The summed E-state index contributed by atoms with van der Waals surface area (Å²) in [5.74, 6) is 1.13. The van der Waals surface area contributed by atoms with Crippen molar-refractivity contribution in [1.29, 1.82) is 5.26 Å². The highest BCUT2D eigenvalue weighted by Crippen LogP contribution is 2.28. The Morgan fingerprint density at radius 2 is 2.04 bits per heavy atom. The molecular formula is C19H17NO3. The number of hydrogen-bond donors (Lipinski definition) is 0. The lowest BCUT2D eigenvalue weighted by Crippen LogP contribution is -1.96. The average molecular weight is 307 g/mol. The first kappa shape index (κ1) is 16.3. The Morgan fingerprint density at radius 1 is 1.22 bits per heavy atom. The Labute approximate surface area is 135 Å². The van der Waals surface area contributed by atoms with Crippen LogP contribution in [0.4, 0.5) is 0 Å². The Bertz CT molecular complexity index is 772. The van der Waals surface area contributed by atoms with Gasteiger partial charge in [-0.3, -0.25) is 4.79 Å². The number of nitrogens with zero attached hydrogens (tertiary/aromatic N) is 1.